The number of hydrogen-bond acceptors (Lipinski definition) is 5. The summed E-state index contributed by atoms with van der Waals surface area (Å²) in [4.78, 5) is 49.0. The van der Waals surface area contributed by atoms with Crippen molar-refractivity contribution in [3.63, 3.8) is 0 Å². The number of aromatic nitrogens is 2. The number of benzene rings is 1. The highest BCUT2D eigenvalue weighted by Crippen LogP contribution is 2.28. The number of nitrogens with zero attached hydrogens (tertiary/aromatic N) is 3. The van der Waals surface area contributed by atoms with E-state index in [1.54, 1.807) is 41.6 Å². The van der Waals surface area contributed by atoms with Crippen molar-refractivity contribution in [3.05, 3.63) is 77.3 Å². The molecule has 3 aromatic rings. The lowest BCUT2D eigenvalue weighted by Gasteiger charge is -2.32. The van der Waals surface area contributed by atoms with E-state index in [4.69, 9.17) is 4.42 Å². The summed E-state index contributed by atoms with van der Waals surface area (Å²) in [5, 5.41) is 0. The molecule has 2 aliphatic rings. The third-order valence-corrected chi connectivity index (χ3v) is 5.73. The molecule has 0 aliphatic carbocycles. The van der Waals surface area contributed by atoms with E-state index in [0.29, 0.717) is 30.0 Å². The minimum Gasteiger partial charge on any atom is -0.467 e. The zero-order valence-electron chi connectivity index (χ0n) is 16.2. The van der Waals surface area contributed by atoms with Crippen LogP contribution in [0.1, 0.15) is 61.4 Å². The lowest BCUT2D eigenvalue weighted by Crippen LogP contribution is -2.39. The summed E-state index contributed by atoms with van der Waals surface area (Å²) in [7, 11) is 0. The fourth-order valence-corrected chi connectivity index (χ4v) is 4.19. The molecule has 4 heterocycles. The van der Waals surface area contributed by atoms with Crippen LogP contribution in [0, 0.1) is 0 Å². The molecule has 8 heteroatoms. The van der Waals surface area contributed by atoms with Crippen LogP contribution in [0.2, 0.25) is 0 Å². The Labute approximate surface area is 172 Å². The number of furan rings is 1. The number of imidazole rings is 1. The van der Waals surface area contributed by atoms with Crippen LogP contribution in [0.3, 0.4) is 0 Å². The number of carbonyl (C=O) groups excluding carboxylic acids is 3. The maximum absolute atomic E-state index is 13.1. The Bertz CT molecular complexity index is 1100. The summed E-state index contributed by atoms with van der Waals surface area (Å²) in [6, 6.07) is 8.15. The number of rotatable bonds is 4. The molecule has 0 spiro atoms. The summed E-state index contributed by atoms with van der Waals surface area (Å²) < 4.78 is 5.26. The first-order valence-electron chi connectivity index (χ1n) is 9.93. The smallest absolute Gasteiger partial charge is 0.261 e. The molecule has 1 saturated heterocycles. The van der Waals surface area contributed by atoms with Gasteiger partial charge in [-0.25, -0.2) is 4.98 Å². The SMILES string of the molecule is O=C(c1ccc2c(c1)C(=O)N(Cc1ccco1)C2=O)N1CCCC(c2ncc[nH]2)C1. The van der Waals surface area contributed by atoms with Crippen molar-refractivity contribution in [2.45, 2.75) is 25.3 Å². The Morgan fingerprint density at radius 3 is 2.83 bits per heavy atom. The van der Waals surface area contributed by atoms with Crippen LogP contribution in [0.15, 0.2) is 53.4 Å². The third kappa shape index (κ3) is 3.10. The highest BCUT2D eigenvalue weighted by molar-refractivity contribution is 6.22. The van der Waals surface area contributed by atoms with Gasteiger partial charge in [-0.3, -0.25) is 19.3 Å². The van der Waals surface area contributed by atoms with Crippen LogP contribution in [0.4, 0.5) is 0 Å². The second-order valence-electron chi connectivity index (χ2n) is 7.60. The van der Waals surface area contributed by atoms with E-state index in [2.05, 4.69) is 9.97 Å². The van der Waals surface area contributed by atoms with E-state index in [1.165, 1.54) is 12.3 Å². The molecule has 1 N–H and O–H groups in total. The Balaban J connectivity index is 1.36. The Morgan fingerprint density at radius 1 is 1.20 bits per heavy atom. The van der Waals surface area contributed by atoms with E-state index in [-0.39, 0.29) is 29.8 Å². The topological polar surface area (TPSA) is 99.5 Å². The number of amides is 3. The Morgan fingerprint density at radius 2 is 2.07 bits per heavy atom. The van der Waals surface area contributed by atoms with Crippen LogP contribution in [-0.2, 0) is 6.54 Å². The fourth-order valence-electron chi connectivity index (χ4n) is 4.19. The van der Waals surface area contributed by atoms with Crippen molar-refractivity contribution in [3.8, 4) is 0 Å². The average Bonchev–Trinajstić information content (AvgIpc) is 3.53. The second kappa shape index (κ2) is 7.29. The second-order valence-corrected chi connectivity index (χ2v) is 7.60. The van der Waals surface area contributed by atoms with Gasteiger partial charge in [-0.2, -0.15) is 0 Å². The number of imide groups is 1. The van der Waals surface area contributed by atoms with Gasteiger partial charge >= 0.3 is 0 Å². The molecule has 0 saturated carbocycles. The average molecular weight is 404 g/mol. The number of fused-ring (bicyclic) bond motifs is 1. The molecule has 1 atom stereocenters. The predicted molar refractivity (Wildman–Crippen MR) is 106 cm³/mol. The Kier molecular flexibility index (Phi) is 4.46. The molecule has 1 fully saturated rings. The number of carbonyl (C=O) groups is 3. The van der Waals surface area contributed by atoms with Crippen molar-refractivity contribution in [1.29, 1.82) is 0 Å². The molecule has 2 aromatic heterocycles. The largest absolute Gasteiger partial charge is 0.467 e. The van der Waals surface area contributed by atoms with Gasteiger partial charge in [-0.1, -0.05) is 0 Å². The lowest BCUT2D eigenvalue weighted by atomic mass is 9.96. The van der Waals surface area contributed by atoms with E-state index in [9.17, 15) is 14.4 Å². The van der Waals surface area contributed by atoms with Gasteiger partial charge in [0.15, 0.2) is 0 Å². The quantitative estimate of drug-likeness (QED) is 0.674. The minimum atomic E-state index is -0.409. The summed E-state index contributed by atoms with van der Waals surface area (Å²) in [5.74, 6) is 0.654. The molecule has 1 unspecified atom stereocenters. The molecular formula is C22H20N4O4. The predicted octanol–water partition coefficient (Wildman–Crippen LogP) is 2.82. The molecule has 5 rings (SSSR count). The molecule has 1 aromatic carbocycles. The van der Waals surface area contributed by atoms with Crippen molar-refractivity contribution in [2.24, 2.45) is 0 Å². The van der Waals surface area contributed by atoms with E-state index in [0.717, 1.165) is 23.6 Å². The Hall–Kier alpha value is -3.68. The number of hydrogen-bond donors (Lipinski definition) is 1. The summed E-state index contributed by atoms with van der Waals surface area (Å²) in [6.45, 7) is 1.30. The molecule has 30 heavy (non-hydrogen) atoms. The highest BCUT2D eigenvalue weighted by atomic mass is 16.3. The normalized spacial score (nSPS) is 18.7. The van der Waals surface area contributed by atoms with Crippen LogP contribution < -0.4 is 0 Å². The first-order chi connectivity index (χ1) is 14.6. The van der Waals surface area contributed by atoms with Gasteiger partial charge in [-0.05, 0) is 43.2 Å². The van der Waals surface area contributed by atoms with Gasteiger partial charge in [-0.15, -0.1) is 0 Å². The number of nitrogens with one attached hydrogen (secondary N) is 1. The molecule has 0 bridgehead atoms. The third-order valence-electron chi connectivity index (χ3n) is 5.73. The van der Waals surface area contributed by atoms with Gasteiger partial charge in [0, 0.05) is 37.0 Å². The first kappa shape index (κ1) is 18.4. The minimum absolute atomic E-state index is 0.0690. The maximum Gasteiger partial charge on any atom is 0.261 e. The van der Waals surface area contributed by atoms with Gasteiger partial charge in [0.25, 0.3) is 17.7 Å². The molecule has 3 amide bonds. The monoisotopic (exact) mass is 404 g/mol. The van der Waals surface area contributed by atoms with Crippen molar-refractivity contribution in [1.82, 2.24) is 19.8 Å². The van der Waals surface area contributed by atoms with Gasteiger partial charge in [0.1, 0.15) is 11.6 Å². The van der Waals surface area contributed by atoms with E-state index >= 15 is 0 Å². The van der Waals surface area contributed by atoms with Crippen molar-refractivity contribution >= 4 is 17.7 Å². The standard InChI is InChI=1S/C22H20N4O4/c27-20(25-9-1-3-15(12-25)19-23-7-8-24-19)14-5-6-17-18(11-14)22(29)26(21(17)28)13-16-4-2-10-30-16/h2,4-8,10-11,15H,1,3,9,12-13H2,(H,23,24). The van der Waals surface area contributed by atoms with Gasteiger partial charge in [0.2, 0.25) is 0 Å². The van der Waals surface area contributed by atoms with Crippen molar-refractivity contribution < 1.29 is 18.8 Å². The molecule has 0 radical (unpaired) electrons. The maximum atomic E-state index is 13.1. The van der Waals surface area contributed by atoms with Crippen LogP contribution >= 0.6 is 0 Å². The summed E-state index contributed by atoms with van der Waals surface area (Å²) in [6.07, 6.45) is 6.85. The zero-order chi connectivity index (χ0) is 20.7. The molecule has 8 nitrogen and oxygen atoms in total. The van der Waals surface area contributed by atoms with Crippen LogP contribution in [0.5, 0.6) is 0 Å². The number of aromatic amines is 1. The summed E-state index contributed by atoms with van der Waals surface area (Å²) >= 11 is 0. The van der Waals surface area contributed by atoms with E-state index < -0.39 is 5.91 Å². The number of piperidine rings is 1. The zero-order valence-corrected chi connectivity index (χ0v) is 16.2. The van der Waals surface area contributed by atoms with Gasteiger partial charge < -0.3 is 14.3 Å². The first-order valence-corrected chi connectivity index (χ1v) is 9.93. The van der Waals surface area contributed by atoms with Gasteiger partial charge in [0.05, 0.1) is 23.9 Å². The van der Waals surface area contributed by atoms with Crippen LogP contribution in [0.25, 0.3) is 0 Å². The molecule has 152 valence electrons. The number of likely N-dealkylation sites (tertiary alicyclic amines) is 1. The fraction of sp³-hybridized carbons (Fsp3) is 0.273. The highest BCUT2D eigenvalue weighted by Gasteiger charge is 2.37. The van der Waals surface area contributed by atoms with Crippen LogP contribution in [-0.4, -0.2) is 50.6 Å². The lowest BCUT2D eigenvalue weighted by molar-refractivity contribution is 0.0631. The number of H-pyrrole nitrogens is 1. The molecule has 2 aliphatic heterocycles. The summed E-state index contributed by atoms with van der Waals surface area (Å²) in [5.41, 5.74) is 0.988. The van der Waals surface area contributed by atoms with Crippen molar-refractivity contribution in [2.75, 3.05) is 13.1 Å². The van der Waals surface area contributed by atoms with E-state index in [1.807, 2.05) is 0 Å². The molecular weight excluding hydrogens is 384 g/mol.